The number of thiazole rings is 1. The summed E-state index contributed by atoms with van der Waals surface area (Å²) in [5.41, 5.74) is 2.36. The topological polar surface area (TPSA) is 42.4 Å². The first kappa shape index (κ1) is 17.0. The molecule has 0 aliphatic carbocycles. The number of rotatable bonds is 2. The molecule has 1 heterocycles. The molecule has 2 rings (SSSR count). The molecule has 118 valence electrons. The first-order valence-electron chi connectivity index (χ1n) is 6.88. The summed E-state index contributed by atoms with van der Waals surface area (Å²) in [5, 5.41) is 0.575. The van der Waals surface area contributed by atoms with Crippen LogP contribution in [-0.2, 0) is 4.74 Å². The zero-order valence-electron chi connectivity index (χ0n) is 13.3. The highest BCUT2D eigenvalue weighted by atomic mass is 79.9. The summed E-state index contributed by atoms with van der Waals surface area (Å²) >= 11 is 4.78. The van der Waals surface area contributed by atoms with E-state index in [1.807, 2.05) is 46.8 Å². The molecule has 1 amide bonds. The van der Waals surface area contributed by atoms with Crippen molar-refractivity contribution in [2.45, 2.75) is 40.2 Å². The van der Waals surface area contributed by atoms with Gasteiger partial charge >= 0.3 is 6.09 Å². The van der Waals surface area contributed by atoms with Crippen LogP contribution >= 0.6 is 27.3 Å². The fraction of sp³-hybridized carbons (Fsp3) is 0.375. The van der Waals surface area contributed by atoms with Crippen molar-refractivity contribution in [3.05, 3.63) is 39.3 Å². The van der Waals surface area contributed by atoms with Crippen molar-refractivity contribution in [2.75, 3.05) is 4.90 Å². The Bertz CT molecular complexity index is 671. The van der Waals surface area contributed by atoms with Gasteiger partial charge in [-0.2, -0.15) is 0 Å². The van der Waals surface area contributed by atoms with E-state index in [0.717, 1.165) is 20.6 Å². The van der Waals surface area contributed by atoms with E-state index < -0.39 is 11.7 Å². The number of ether oxygens (including phenoxy) is 1. The third kappa shape index (κ3) is 4.30. The monoisotopic (exact) mass is 382 g/mol. The molecule has 6 heteroatoms. The molecular formula is C16H19BrN2O2S. The molecule has 0 N–H and O–H groups in total. The highest BCUT2D eigenvalue weighted by Crippen LogP contribution is 2.34. The quantitative estimate of drug-likeness (QED) is 0.678. The zero-order valence-corrected chi connectivity index (χ0v) is 15.7. The number of hydrogen-bond donors (Lipinski definition) is 0. The second kappa shape index (κ2) is 6.38. The minimum absolute atomic E-state index is 0.431. The first-order valence-corrected chi connectivity index (χ1v) is 8.49. The lowest BCUT2D eigenvalue weighted by Crippen LogP contribution is -2.33. The van der Waals surface area contributed by atoms with Crippen molar-refractivity contribution >= 4 is 44.2 Å². The molecule has 0 bridgehead atoms. The minimum atomic E-state index is -0.567. The van der Waals surface area contributed by atoms with E-state index >= 15 is 0 Å². The molecule has 1 aromatic heterocycles. The second-order valence-corrected chi connectivity index (χ2v) is 8.50. The number of anilines is 2. The number of amides is 1. The molecular weight excluding hydrogens is 364 g/mol. The highest BCUT2D eigenvalue weighted by molar-refractivity contribution is 9.11. The van der Waals surface area contributed by atoms with E-state index in [1.54, 1.807) is 6.20 Å². The van der Waals surface area contributed by atoms with Crippen LogP contribution in [0.1, 0.15) is 31.9 Å². The fourth-order valence-corrected chi connectivity index (χ4v) is 3.22. The van der Waals surface area contributed by atoms with Crippen molar-refractivity contribution < 1.29 is 9.53 Å². The first-order chi connectivity index (χ1) is 10.2. The van der Waals surface area contributed by atoms with Gasteiger partial charge in [0.25, 0.3) is 0 Å². The van der Waals surface area contributed by atoms with Gasteiger partial charge in [-0.15, -0.1) is 0 Å². The number of nitrogens with zero attached hydrogens (tertiary/aromatic N) is 2. The fourth-order valence-electron chi connectivity index (χ4n) is 2.03. The van der Waals surface area contributed by atoms with Crippen molar-refractivity contribution in [3.63, 3.8) is 0 Å². The maximum absolute atomic E-state index is 12.6. The Labute approximate surface area is 143 Å². The Morgan fingerprint density at radius 3 is 2.27 bits per heavy atom. The maximum Gasteiger partial charge on any atom is 0.421 e. The smallest absolute Gasteiger partial charge is 0.421 e. The van der Waals surface area contributed by atoms with E-state index in [2.05, 4.69) is 27.0 Å². The molecule has 0 aliphatic heterocycles. The summed E-state index contributed by atoms with van der Waals surface area (Å²) in [6.07, 6.45) is 1.25. The summed E-state index contributed by atoms with van der Waals surface area (Å²) in [7, 11) is 0. The third-order valence-corrected chi connectivity index (χ3v) is 4.16. The van der Waals surface area contributed by atoms with Crippen LogP contribution in [0.2, 0.25) is 0 Å². The van der Waals surface area contributed by atoms with Crippen LogP contribution in [0.4, 0.5) is 15.6 Å². The van der Waals surface area contributed by atoms with Crippen LogP contribution in [-0.4, -0.2) is 16.7 Å². The van der Waals surface area contributed by atoms with Gasteiger partial charge in [0.05, 0.1) is 15.7 Å². The summed E-state index contributed by atoms with van der Waals surface area (Å²) < 4.78 is 6.40. The van der Waals surface area contributed by atoms with Gasteiger partial charge in [0, 0.05) is 0 Å². The standard InChI is InChI=1S/C16H19BrN2O2S/c1-10-6-11(2)8-12(7-10)19(14-18-9-13(17)22-14)15(20)21-16(3,4)5/h6-9H,1-5H3. The lowest BCUT2D eigenvalue weighted by Gasteiger charge is -2.26. The number of carbonyl (C=O) groups excluding carboxylic acids is 1. The predicted molar refractivity (Wildman–Crippen MR) is 94.1 cm³/mol. The molecule has 0 saturated carbocycles. The maximum atomic E-state index is 12.6. The van der Waals surface area contributed by atoms with Crippen LogP contribution in [0.5, 0.6) is 0 Å². The van der Waals surface area contributed by atoms with Crippen LogP contribution in [0, 0.1) is 13.8 Å². The van der Waals surface area contributed by atoms with E-state index in [4.69, 9.17) is 4.74 Å². The van der Waals surface area contributed by atoms with E-state index in [9.17, 15) is 4.79 Å². The van der Waals surface area contributed by atoms with Crippen LogP contribution < -0.4 is 4.90 Å². The summed E-state index contributed by atoms with van der Waals surface area (Å²) in [6.45, 7) is 9.55. The Morgan fingerprint density at radius 1 is 1.23 bits per heavy atom. The molecule has 1 aromatic carbocycles. The molecule has 0 saturated heterocycles. The van der Waals surface area contributed by atoms with Gasteiger partial charge in [0.15, 0.2) is 0 Å². The van der Waals surface area contributed by atoms with Crippen LogP contribution in [0.25, 0.3) is 0 Å². The number of hydrogen-bond acceptors (Lipinski definition) is 4. The normalized spacial score (nSPS) is 11.4. The molecule has 22 heavy (non-hydrogen) atoms. The lowest BCUT2D eigenvalue weighted by atomic mass is 10.1. The SMILES string of the molecule is Cc1cc(C)cc(N(C(=O)OC(C)(C)C)c2ncc(Br)s2)c1. The number of halogens is 1. The number of carbonyl (C=O) groups is 1. The van der Waals surface area contributed by atoms with E-state index in [1.165, 1.54) is 16.2 Å². The van der Waals surface area contributed by atoms with Gasteiger partial charge < -0.3 is 4.74 Å². The number of aryl methyl sites for hydroxylation is 2. The summed E-state index contributed by atoms with van der Waals surface area (Å²) in [5.74, 6) is 0. The number of benzene rings is 1. The molecule has 0 fully saturated rings. The average molecular weight is 383 g/mol. The molecule has 0 unspecified atom stereocenters. The van der Waals surface area contributed by atoms with Gasteiger partial charge in [0.2, 0.25) is 5.13 Å². The second-order valence-electron chi connectivity index (χ2n) is 6.11. The van der Waals surface area contributed by atoms with Gasteiger partial charge in [-0.3, -0.25) is 0 Å². The Balaban J connectivity index is 2.48. The zero-order chi connectivity index (χ0) is 16.5. The molecule has 2 aromatic rings. The van der Waals surface area contributed by atoms with Gasteiger partial charge in [-0.25, -0.2) is 14.7 Å². The lowest BCUT2D eigenvalue weighted by molar-refractivity contribution is 0.0599. The molecule has 4 nitrogen and oxygen atoms in total. The summed E-state index contributed by atoms with van der Waals surface area (Å²) in [4.78, 5) is 18.5. The van der Waals surface area contributed by atoms with Crippen LogP contribution in [0.3, 0.4) is 0 Å². The molecule has 0 spiro atoms. The highest BCUT2D eigenvalue weighted by Gasteiger charge is 2.27. The van der Waals surface area contributed by atoms with Crippen molar-refractivity contribution in [3.8, 4) is 0 Å². The molecule has 0 aliphatic rings. The average Bonchev–Trinajstić information content (AvgIpc) is 2.72. The van der Waals surface area contributed by atoms with Gasteiger partial charge in [-0.1, -0.05) is 17.4 Å². The predicted octanol–water partition coefficient (Wildman–Crippen LogP) is 5.60. The van der Waals surface area contributed by atoms with Crippen LogP contribution in [0.15, 0.2) is 28.2 Å². The minimum Gasteiger partial charge on any atom is -0.443 e. The summed E-state index contributed by atoms with van der Waals surface area (Å²) in [6, 6.07) is 5.97. The van der Waals surface area contributed by atoms with Crippen molar-refractivity contribution in [1.29, 1.82) is 0 Å². The van der Waals surface area contributed by atoms with Crippen molar-refractivity contribution in [1.82, 2.24) is 4.98 Å². The van der Waals surface area contributed by atoms with Gasteiger partial charge in [0.1, 0.15) is 5.60 Å². The van der Waals surface area contributed by atoms with E-state index in [0.29, 0.717) is 5.13 Å². The Hall–Kier alpha value is -1.40. The Kier molecular flexibility index (Phi) is 4.92. The number of aromatic nitrogens is 1. The largest absolute Gasteiger partial charge is 0.443 e. The molecule has 0 radical (unpaired) electrons. The van der Waals surface area contributed by atoms with Gasteiger partial charge in [-0.05, 0) is 73.8 Å². The third-order valence-electron chi connectivity index (χ3n) is 2.70. The molecule has 0 atom stereocenters. The Morgan fingerprint density at radius 2 is 1.82 bits per heavy atom. The van der Waals surface area contributed by atoms with E-state index in [-0.39, 0.29) is 0 Å². The van der Waals surface area contributed by atoms with Crippen molar-refractivity contribution in [2.24, 2.45) is 0 Å².